The Morgan fingerprint density at radius 2 is 2.60 bits per heavy atom. The zero-order valence-corrected chi connectivity index (χ0v) is 5.50. The normalized spacial score (nSPS) is 9.70. The molecule has 0 fully saturated rings. The molecular formula is C6H7NO3. The summed E-state index contributed by atoms with van der Waals surface area (Å²) in [5.41, 5.74) is 1.27. The van der Waals surface area contributed by atoms with Crippen LogP contribution in [-0.2, 0) is 11.2 Å². The maximum absolute atomic E-state index is 10.1. The first-order valence-electron chi connectivity index (χ1n) is 2.82. The lowest BCUT2D eigenvalue weighted by Crippen LogP contribution is -1.99. The van der Waals surface area contributed by atoms with Crippen LogP contribution in [0.25, 0.3) is 0 Å². The SMILES string of the molecule is Cc1nocc1CC(=O)O. The van der Waals surface area contributed by atoms with Crippen molar-refractivity contribution >= 4 is 5.97 Å². The van der Waals surface area contributed by atoms with Crippen molar-refractivity contribution in [1.29, 1.82) is 0 Å². The van der Waals surface area contributed by atoms with Gasteiger partial charge in [-0.05, 0) is 6.92 Å². The molecule has 1 rings (SSSR count). The summed E-state index contributed by atoms with van der Waals surface area (Å²) in [6.07, 6.45) is 1.33. The number of carbonyl (C=O) groups is 1. The third-order valence-electron chi connectivity index (χ3n) is 1.19. The molecule has 0 saturated heterocycles. The molecule has 0 unspecified atom stereocenters. The lowest BCUT2D eigenvalue weighted by Gasteiger charge is -1.87. The van der Waals surface area contributed by atoms with Gasteiger partial charge in [0, 0.05) is 5.56 Å². The Morgan fingerprint density at radius 1 is 1.90 bits per heavy atom. The van der Waals surface area contributed by atoms with Crippen LogP contribution in [0, 0.1) is 6.92 Å². The first-order chi connectivity index (χ1) is 4.70. The van der Waals surface area contributed by atoms with Crippen molar-refractivity contribution in [2.24, 2.45) is 0 Å². The van der Waals surface area contributed by atoms with Crippen LogP contribution in [0.1, 0.15) is 11.3 Å². The van der Waals surface area contributed by atoms with Crippen LogP contribution in [0.2, 0.25) is 0 Å². The molecule has 54 valence electrons. The number of carboxylic acid groups (broad SMARTS) is 1. The molecule has 0 atom stereocenters. The number of aliphatic carboxylic acids is 1. The van der Waals surface area contributed by atoms with E-state index in [9.17, 15) is 4.79 Å². The Labute approximate surface area is 57.4 Å². The van der Waals surface area contributed by atoms with E-state index < -0.39 is 5.97 Å². The molecule has 1 N–H and O–H groups in total. The van der Waals surface area contributed by atoms with Crippen molar-refractivity contribution < 1.29 is 14.4 Å². The van der Waals surface area contributed by atoms with Crippen molar-refractivity contribution in [3.63, 3.8) is 0 Å². The molecular weight excluding hydrogens is 134 g/mol. The Morgan fingerprint density at radius 3 is 3.00 bits per heavy atom. The van der Waals surface area contributed by atoms with Gasteiger partial charge in [0.1, 0.15) is 6.26 Å². The summed E-state index contributed by atoms with van der Waals surface area (Å²) in [6, 6.07) is 0. The molecule has 4 heteroatoms. The Hall–Kier alpha value is -1.32. The van der Waals surface area contributed by atoms with E-state index in [2.05, 4.69) is 9.68 Å². The molecule has 0 aliphatic heterocycles. The maximum atomic E-state index is 10.1. The fourth-order valence-corrected chi connectivity index (χ4v) is 0.645. The first-order valence-corrected chi connectivity index (χ1v) is 2.82. The van der Waals surface area contributed by atoms with Gasteiger partial charge in [-0.15, -0.1) is 0 Å². The zero-order chi connectivity index (χ0) is 7.56. The first kappa shape index (κ1) is 6.80. The number of nitrogens with zero attached hydrogens (tertiary/aromatic N) is 1. The number of hydrogen-bond donors (Lipinski definition) is 1. The van der Waals surface area contributed by atoms with Crippen LogP contribution in [0.5, 0.6) is 0 Å². The van der Waals surface area contributed by atoms with Gasteiger partial charge in [0.15, 0.2) is 0 Å². The number of hydrogen-bond acceptors (Lipinski definition) is 3. The van der Waals surface area contributed by atoms with Gasteiger partial charge >= 0.3 is 5.97 Å². The number of aromatic nitrogens is 1. The molecule has 1 heterocycles. The van der Waals surface area contributed by atoms with Crippen molar-refractivity contribution in [1.82, 2.24) is 5.16 Å². The number of carboxylic acids is 1. The molecule has 4 nitrogen and oxygen atoms in total. The zero-order valence-electron chi connectivity index (χ0n) is 5.50. The second-order valence-corrected chi connectivity index (χ2v) is 2.00. The van der Waals surface area contributed by atoms with E-state index in [0.29, 0.717) is 11.3 Å². The van der Waals surface area contributed by atoms with E-state index in [-0.39, 0.29) is 6.42 Å². The van der Waals surface area contributed by atoms with Crippen LogP contribution in [0.3, 0.4) is 0 Å². The van der Waals surface area contributed by atoms with Crippen molar-refractivity contribution in [2.75, 3.05) is 0 Å². The second-order valence-electron chi connectivity index (χ2n) is 2.00. The largest absolute Gasteiger partial charge is 0.481 e. The Balaban J connectivity index is 2.74. The van der Waals surface area contributed by atoms with Gasteiger partial charge in [0.05, 0.1) is 12.1 Å². The molecule has 1 aromatic heterocycles. The molecule has 0 aromatic carbocycles. The van der Waals surface area contributed by atoms with Gasteiger partial charge in [0.2, 0.25) is 0 Å². The highest BCUT2D eigenvalue weighted by Gasteiger charge is 2.06. The third kappa shape index (κ3) is 1.34. The molecule has 0 aliphatic carbocycles. The fourth-order valence-electron chi connectivity index (χ4n) is 0.645. The summed E-state index contributed by atoms with van der Waals surface area (Å²) in [6.45, 7) is 1.71. The number of aryl methyl sites for hydroxylation is 1. The van der Waals surface area contributed by atoms with Gasteiger partial charge in [-0.25, -0.2) is 0 Å². The minimum atomic E-state index is -0.869. The van der Waals surface area contributed by atoms with Crippen LogP contribution < -0.4 is 0 Å². The van der Waals surface area contributed by atoms with Gasteiger partial charge in [-0.2, -0.15) is 0 Å². The van der Waals surface area contributed by atoms with Crippen LogP contribution in [-0.4, -0.2) is 16.2 Å². The number of rotatable bonds is 2. The van der Waals surface area contributed by atoms with E-state index in [1.54, 1.807) is 6.92 Å². The molecule has 0 aliphatic rings. The van der Waals surface area contributed by atoms with Gasteiger partial charge in [-0.3, -0.25) is 4.79 Å². The Kier molecular flexibility index (Phi) is 1.71. The predicted molar refractivity (Wildman–Crippen MR) is 32.6 cm³/mol. The predicted octanol–water partition coefficient (Wildman–Crippen LogP) is 0.610. The summed E-state index contributed by atoms with van der Waals surface area (Å²) in [7, 11) is 0. The minimum Gasteiger partial charge on any atom is -0.481 e. The van der Waals surface area contributed by atoms with E-state index in [0.717, 1.165) is 0 Å². The van der Waals surface area contributed by atoms with E-state index in [1.165, 1.54) is 6.26 Å². The second kappa shape index (κ2) is 2.51. The smallest absolute Gasteiger partial charge is 0.308 e. The summed E-state index contributed by atoms with van der Waals surface area (Å²) in [4.78, 5) is 10.1. The quantitative estimate of drug-likeness (QED) is 0.655. The highest BCUT2D eigenvalue weighted by Crippen LogP contribution is 2.04. The highest BCUT2D eigenvalue weighted by atomic mass is 16.5. The van der Waals surface area contributed by atoms with E-state index in [1.807, 2.05) is 0 Å². The average molecular weight is 141 g/mol. The molecule has 0 spiro atoms. The summed E-state index contributed by atoms with van der Waals surface area (Å²) in [5.74, 6) is -0.869. The van der Waals surface area contributed by atoms with E-state index in [4.69, 9.17) is 5.11 Å². The molecule has 1 aromatic rings. The van der Waals surface area contributed by atoms with Crippen molar-refractivity contribution in [2.45, 2.75) is 13.3 Å². The molecule has 0 radical (unpaired) electrons. The standard InChI is InChI=1S/C6H7NO3/c1-4-5(2-6(8)9)3-10-7-4/h3H,2H2,1H3,(H,8,9). The van der Waals surface area contributed by atoms with Crippen LogP contribution in [0.4, 0.5) is 0 Å². The van der Waals surface area contributed by atoms with E-state index >= 15 is 0 Å². The van der Waals surface area contributed by atoms with Gasteiger partial charge in [0.25, 0.3) is 0 Å². The molecule has 10 heavy (non-hydrogen) atoms. The summed E-state index contributed by atoms with van der Waals surface area (Å²) in [5, 5.41) is 11.9. The van der Waals surface area contributed by atoms with Gasteiger partial charge < -0.3 is 9.63 Å². The monoisotopic (exact) mass is 141 g/mol. The van der Waals surface area contributed by atoms with Crippen LogP contribution in [0.15, 0.2) is 10.8 Å². The third-order valence-corrected chi connectivity index (χ3v) is 1.19. The highest BCUT2D eigenvalue weighted by molar-refractivity contribution is 5.70. The van der Waals surface area contributed by atoms with Crippen molar-refractivity contribution in [3.8, 4) is 0 Å². The van der Waals surface area contributed by atoms with Gasteiger partial charge in [-0.1, -0.05) is 5.16 Å². The topological polar surface area (TPSA) is 63.3 Å². The lowest BCUT2D eigenvalue weighted by molar-refractivity contribution is -0.136. The minimum absolute atomic E-state index is 0.0185. The molecule has 0 saturated carbocycles. The Bertz CT molecular complexity index is 241. The lowest BCUT2D eigenvalue weighted by atomic mass is 10.2. The van der Waals surface area contributed by atoms with Crippen LogP contribution >= 0.6 is 0 Å². The average Bonchev–Trinajstić information content (AvgIpc) is 2.15. The molecule has 0 amide bonds. The summed E-state index contributed by atoms with van der Waals surface area (Å²) < 4.78 is 4.53. The maximum Gasteiger partial charge on any atom is 0.308 e. The van der Waals surface area contributed by atoms with Crippen molar-refractivity contribution in [3.05, 3.63) is 17.5 Å². The fraction of sp³-hybridized carbons (Fsp3) is 0.333. The summed E-state index contributed by atoms with van der Waals surface area (Å²) >= 11 is 0. The molecule has 0 bridgehead atoms.